The van der Waals surface area contributed by atoms with Crippen molar-refractivity contribution in [3.63, 3.8) is 0 Å². The molecule has 5 heteroatoms. The van der Waals surface area contributed by atoms with Crippen molar-refractivity contribution in [2.24, 2.45) is 0 Å². The van der Waals surface area contributed by atoms with Gasteiger partial charge in [0.05, 0.1) is 4.47 Å². The van der Waals surface area contributed by atoms with E-state index in [9.17, 15) is 4.79 Å². The molecular weight excluding hydrogens is 354 g/mol. The lowest BCUT2D eigenvalue weighted by atomic mass is 10.2. The summed E-state index contributed by atoms with van der Waals surface area (Å²) in [6, 6.07) is 12.7. The number of rotatable bonds is 2. The Kier molecular flexibility index (Phi) is 3.74. The summed E-state index contributed by atoms with van der Waals surface area (Å²) >= 11 is 9.31. The molecule has 0 spiro atoms. The molecule has 0 unspecified atom stereocenters. The van der Waals surface area contributed by atoms with Crippen molar-refractivity contribution < 1.29 is 9.21 Å². The number of halogens is 2. The molecule has 0 aliphatic heterocycles. The topological polar surface area (TPSA) is 42.2 Å². The molecule has 106 valence electrons. The number of para-hydroxylation sites is 1. The van der Waals surface area contributed by atoms with Crippen LogP contribution in [-0.2, 0) is 0 Å². The number of carbonyl (C=O) groups is 1. The van der Waals surface area contributed by atoms with Crippen LogP contribution in [0.5, 0.6) is 0 Å². The van der Waals surface area contributed by atoms with Gasteiger partial charge in [-0.15, -0.1) is 0 Å². The van der Waals surface area contributed by atoms with Crippen molar-refractivity contribution in [2.75, 3.05) is 5.32 Å². The predicted molar refractivity (Wildman–Crippen MR) is 88.1 cm³/mol. The molecule has 0 atom stereocenters. The summed E-state index contributed by atoms with van der Waals surface area (Å²) in [5, 5.41) is 4.34. The van der Waals surface area contributed by atoms with E-state index in [2.05, 4.69) is 21.2 Å². The van der Waals surface area contributed by atoms with Crippen molar-refractivity contribution in [1.82, 2.24) is 0 Å². The minimum atomic E-state index is -0.288. The third-order valence-corrected chi connectivity index (χ3v) is 4.02. The molecule has 0 radical (unpaired) electrons. The Morgan fingerprint density at radius 3 is 2.76 bits per heavy atom. The first-order chi connectivity index (χ1) is 10.0. The Morgan fingerprint density at radius 1 is 1.24 bits per heavy atom. The van der Waals surface area contributed by atoms with Gasteiger partial charge in [-0.3, -0.25) is 4.79 Å². The first-order valence-electron chi connectivity index (χ1n) is 6.30. The van der Waals surface area contributed by atoms with Gasteiger partial charge in [0.25, 0.3) is 5.91 Å². The van der Waals surface area contributed by atoms with E-state index < -0.39 is 0 Å². The van der Waals surface area contributed by atoms with Gasteiger partial charge in [-0.2, -0.15) is 0 Å². The molecule has 0 fully saturated rings. The highest BCUT2D eigenvalue weighted by Crippen LogP contribution is 2.28. The lowest BCUT2D eigenvalue weighted by molar-refractivity contribution is 0.0998. The first kappa shape index (κ1) is 14.2. The Morgan fingerprint density at radius 2 is 2.05 bits per heavy atom. The number of aryl methyl sites for hydroxylation is 1. The summed E-state index contributed by atoms with van der Waals surface area (Å²) in [6.45, 7) is 1.89. The minimum absolute atomic E-state index is 0.270. The van der Waals surface area contributed by atoms with Crippen molar-refractivity contribution >= 4 is 50.1 Å². The maximum atomic E-state index is 12.3. The number of hydrogen-bond donors (Lipinski definition) is 1. The third-order valence-electron chi connectivity index (χ3n) is 3.16. The second-order valence-electron chi connectivity index (χ2n) is 4.68. The normalized spacial score (nSPS) is 10.8. The van der Waals surface area contributed by atoms with Crippen molar-refractivity contribution in [3.05, 3.63) is 63.3 Å². The molecule has 3 aromatic rings. The number of furan rings is 1. The van der Waals surface area contributed by atoms with Gasteiger partial charge in [0, 0.05) is 16.1 Å². The van der Waals surface area contributed by atoms with E-state index in [-0.39, 0.29) is 11.7 Å². The van der Waals surface area contributed by atoms with Gasteiger partial charge in [0.1, 0.15) is 5.58 Å². The van der Waals surface area contributed by atoms with Gasteiger partial charge < -0.3 is 9.73 Å². The molecule has 0 saturated heterocycles. The van der Waals surface area contributed by atoms with E-state index in [1.165, 1.54) is 0 Å². The second kappa shape index (κ2) is 5.54. The van der Waals surface area contributed by atoms with E-state index in [1.54, 1.807) is 24.3 Å². The maximum Gasteiger partial charge on any atom is 0.291 e. The lowest BCUT2D eigenvalue weighted by Crippen LogP contribution is -2.11. The largest absolute Gasteiger partial charge is 0.450 e. The maximum absolute atomic E-state index is 12.3. The van der Waals surface area contributed by atoms with Crippen LogP contribution in [0.15, 0.2) is 51.4 Å². The van der Waals surface area contributed by atoms with Crippen LogP contribution in [0.2, 0.25) is 5.02 Å². The summed E-state index contributed by atoms with van der Waals surface area (Å²) in [7, 11) is 0. The third kappa shape index (κ3) is 2.82. The van der Waals surface area contributed by atoms with Crippen LogP contribution in [0.1, 0.15) is 16.1 Å². The number of fused-ring (bicyclic) bond motifs is 1. The monoisotopic (exact) mass is 363 g/mol. The fourth-order valence-corrected chi connectivity index (χ4v) is 2.78. The summed E-state index contributed by atoms with van der Waals surface area (Å²) in [4.78, 5) is 12.3. The van der Waals surface area contributed by atoms with Gasteiger partial charge in [-0.1, -0.05) is 23.7 Å². The molecule has 0 aliphatic carbocycles. The molecule has 0 saturated carbocycles. The highest BCUT2D eigenvalue weighted by atomic mass is 79.9. The lowest BCUT2D eigenvalue weighted by Gasteiger charge is -2.06. The molecule has 1 amide bonds. The number of amides is 1. The van der Waals surface area contributed by atoms with Gasteiger partial charge in [-0.05, 0) is 58.7 Å². The standard InChI is InChI=1S/C16H11BrClNO2/c1-9-7-11(18)5-6-13(9)19-16(20)14-8-10-3-2-4-12(17)15(10)21-14/h2-8H,1H3,(H,19,20). The molecular formula is C16H11BrClNO2. The Labute approximate surface area is 135 Å². The number of carbonyl (C=O) groups excluding carboxylic acids is 1. The Hall–Kier alpha value is -1.78. The average Bonchev–Trinajstić information content (AvgIpc) is 2.87. The number of hydrogen-bond acceptors (Lipinski definition) is 2. The van der Waals surface area contributed by atoms with Crippen LogP contribution in [0, 0.1) is 6.92 Å². The van der Waals surface area contributed by atoms with E-state index in [0.717, 1.165) is 15.4 Å². The van der Waals surface area contributed by atoms with Crippen molar-refractivity contribution in [1.29, 1.82) is 0 Å². The molecule has 3 rings (SSSR count). The van der Waals surface area contributed by atoms with E-state index in [0.29, 0.717) is 16.3 Å². The summed E-state index contributed by atoms with van der Waals surface area (Å²) in [5.41, 5.74) is 2.27. The van der Waals surface area contributed by atoms with E-state index in [4.69, 9.17) is 16.0 Å². The van der Waals surface area contributed by atoms with Crippen LogP contribution < -0.4 is 5.32 Å². The molecule has 21 heavy (non-hydrogen) atoms. The van der Waals surface area contributed by atoms with Crippen LogP contribution >= 0.6 is 27.5 Å². The van der Waals surface area contributed by atoms with Crippen molar-refractivity contribution in [3.8, 4) is 0 Å². The zero-order valence-corrected chi connectivity index (χ0v) is 13.5. The predicted octanol–water partition coefficient (Wildman–Crippen LogP) is 5.41. The Balaban J connectivity index is 1.92. The van der Waals surface area contributed by atoms with Gasteiger partial charge in [0.15, 0.2) is 5.76 Å². The van der Waals surface area contributed by atoms with Crippen LogP contribution in [0.3, 0.4) is 0 Å². The molecule has 0 bridgehead atoms. The SMILES string of the molecule is Cc1cc(Cl)ccc1NC(=O)c1cc2cccc(Br)c2o1. The zero-order chi connectivity index (χ0) is 15.0. The molecule has 1 aromatic heterocycles. The highest BCUT2D eigenvalue weighted by Gasteiger charge is 2.14. The minimum Gasteiger partial charge on any atom is -0.450 e. The van der Waals surface area contributed by atoms with Crippen molar-refractivity contribution in [2.45, 2.75) is 6.92 Å². The summed E-state index contributed by atoms with van der Waals surface area (Å²) in [5.74, 6) is -0.0187. The number of nitrogens with one attached hydrogen (secondary N) is 1. The van der Waals surface area contributed by atoms with E-state index in [1.807, 2.05) is 25.1 Å². The molecule has 1 N–H and O–H groups in total. The molecule has 3 nitrogen and oxygen atoms in total. The summed E-state index contributed by atoms with van der Waals surface area (Å²) < 4.78 is 6.43. The fraction of sp³-hybridized carbons (Fsp3) is 0.0625. The molecule has 1 heterocycles. The van der Waals surface area contributed by atoms with Gasteiger partial charge >= 0.3 is 0 Å². The quantitative estimate of drug-likeness (QED) is 0.660. The first-order valence-corrected chi connectivity index (χ1v) is 7.47. The van der Waals surface area contributed by atoms with Crippen LogP contribution in [0.25, 0.3) is 11.0 Å². The highest BCUT2D eigenvalue weighted by molar-refractivity contribution is 9.10. The molecule has 2 aromatic carbocycles. The number of anilines is 1. The summed E-state index contributed by atoms with van der Waals surface area (Å²) in [6.07, 6.45) is 0. The Bertz CT molecular complexity index is 841. The zero-order valence-electron chi connectivity index (χ0n) is 11.1. The van der Waals surface area contributed by atoms with Gasteiger partial charge in [-0.25, -0.2) is 0 Å². The number of benzene rings is 2. The van der Waals surface area contributed by atoms with E-state index >= 15 is 0 Å². The van der Waals surface area contributed by atoms with Gasteiger partial charge in [0.2, 0.25) is 0 Å². The van der Waals surface area contributed by atoms with Crippen LogP contribution in [-0.4, -0.2) is 5.91 Å². The fourth-order valence-electron chi connectivity index (χ4n) is 2.09. The molecule has 0 aliphatic rings. The second-order valence-corrected chi connectivity index (χ2v) is 5.97. The average molecular weight is 365 g/mol. The smallest absolute Gasteiger partial charge is 0.291 e. The van der Waals surface area contributed by atoms with Crippen LogP contribution in [0.4, 0.5) is 5.69 Å².